The van der Waals surface area contributed by atoms with E-state index < -0.39 is 0 Å². The molecule has 1 amide bonds. The van der Waals surface area contributed by atoms with Crippen LogP contribution in [0.1, 0.15) is 24.2 Å². The summed E-state index contributed by atoms with van der Waals surface area (Å²) >= 11 is 3.41. The van der Waals surface area contributed by atoms with Crippen molar-refractivity contribution in [3.05, 3.63) is 40.4 Å². The van der Waals surface area contributed by atoms with Gasteiger partial charge in [-0.15, -0.1) is 0 Å². The van der Waals surface area contributed by atoms with Crippen molar-refractivity contribution in [3.8, 4) is 23.0 Å². The molecule has 26 heavy (non-hydrogen) atoms. The zero-order chi connectivity index (χ0) is 19.3. The number of anilines is 1. The number of halogens is 1. The van der Waals surface area contributed by atoms with Crippen molar-refractivity contribution in [3.63, 3.8) is 0 Å². The third kappa shape index (κ3) is 4.40. The van der Waals surface area contributed by atoms with Crippen molar-refractivity contribution in [1.29, 1.82) is 0 Å². The molecule has 6 nitrogen and oxygen atoms in total. The van der Waals surface area contributed by atoms with Gasteiger partial charge in [0.2, 0.25) is 5.75 Å². The first-order valence-corrected chi connectivity index (χ1v) is 8.77. The Labute approximate surface area is 161 Å². The van der Waals surface area contributed by atoms with Gasteiger partial charge in [0.15, 0.2) is 11.5 Å². The largest absolute Gasteiger partial charge is 0.493 e. The van der Waals surface area contributed by atoms with Gasteiger partial charge in [-0.05, 0) is 60.1 Å². The summed E-state index contributed by atoms with van der Waals surface area (Å²) in [6.45, 7) is 3.91. The molecule has 2 aromatic rings. The minimum Gasteiger partial charge on any atom is -0.493 e. The van der Waals surface area contributed by atoms with E-state index in [9.17, 15) is 4.79 Å². The zero-order valence-corrected chi connectivity index (χ0v) is 17.0. The summed E-state index contributed by atoms with van der Waals surface area (Å²) in [5.41, 5.74) is 1.01. The van der Waals surface area contributed by atoms with Crippen molar-refractivity contribution in [1.82, 2.24) is 0 Å². The molecule has 7 heteroatoms. The number of ether oxygens (including phenoxy) is 4. The van der Waals surface area contributed by atoms with Gasteiger partial charge >= 0.3 is 0 Å². The van der Waals surface area contributed by atoms with Crippen LogP contribution < -0.4 is 24.3 Å². The molecule has 0 saturated heterocycles. The molecule has 0 saturated carbocycles. The summed E-state index contributed by atoms with van der Waals surface area (Å²) in [7, 11) is 4.50. The van der Waals surface area contributed by atoms with Crippen LogP contribution in [-0.4, -0.2) is 33.3 Å². The van der Waals surface area contributed by atoms with E-state index in [0.29, 0.717) is 33.0 Å². The maximum absolute atomic E-state index is 12.7. The summed E-state index contributed by atoms with van der Waals surface area (Å²) in [4.78, 5) is 12.7. The third-order valence-corrected chi connectivity index (χ3v) is 4.29. The van der Waals surface area contributed by atoms with Crippen LogP contribution in [0.4, 0.5) is 5.69 Å². The minimum atomic E-state index is -0.311. The first-order chi connectivity index (χ1) is 12.4. The molecule has 0 aromatic heterocycles. The molecule has 0 aliphatic heterocycles. The summed E-state index contributed by atoms with van der Waals surface area (Å²) in [6, 6.07) is 8.76. The summed E-state index contributed by atoms with van der Waals surface area (Å²) in [5.74, 6) is 1.63. The SMILES string of the molecule is COc1cc(C(=O)Nc2ccc(OC(C)C)cc2)c(Br)c(OC)c1OC. The molecule has 0 atom stereocenters. The second kappa shape index (κ2) is 8.80. The average Bonchev–Trinajstić information content (AvgIpc) is 2.62. The minimum absolute atomic E-state index is 0.0885. The predicted octanol–water partition coefficient (Wildman–Crippen LogP) is 4.51. The molecular formula is C19H22BrNO5. The Balaban J connectivity index is 2.29. The Morgan fingerprint density at radius 2 is 1.62 bits per heavy atom. The number of nitrogens with one attached hydrogen (secondary N) is 1. The lowest BCUT2D eigenvalue weighted by Gasteiger charge is -2.16. The zero-order valence-electron chi connectivity index (χ0n) is 15.4. The number of carbonyl (C=O) groups is 1. The Morgan fingerprint density at radius 1 is 1.00 bits per heavy atom. The smallest absolute Gasteiger partial charge is 0.257 e. The monoisotopic (exact) mass is 423 g/mol. The molecule has 0 spiro atoms. The topological polar surface area (TPSA) is 66.0 Å². The summed E-state index contributed by atoms with van der Waals surface area (Å²) < 4.78 is 22.0. The highest BCUT2D eigenvalue weighted by Crippen LogP contribution is 2.44. The molecule has 0 aliphatic carbocycles. The Morgan fingerprint density at radius 3 is 2.12 bits per heavy atom. The van der Waals surface area contributed by atoms with Gasteiger partial charge in [-0.25, -0.2) is 0 Å². The fourth-order valence-corrected chi connectivity index (χ4v) is 3.01. The highest BCUT2D eigenvalue weighted by molar-refractivity contribution is 9.10. The second-order valence-electron chi connectivity index (χ2n) is 5.65. The molecule has 0 fully saturated rings. The number of hydrogen-bond acceptors (Lipinski definition) is 5. The number of rotatable bonds is 7. The number of benzene rings is 2. The number of carbonyl (C=O) groups excluding carboxylic acids is 1. The van der Waals surface area contributed by atoms with E-state index in [1.54, 1.807) is 30.3 Å². The molecule has 0 unspecified atom stereocenters. The fourth-order valence-electron chi connectivity index (χ4n) is 2.37. The van der Waals surface area contributed by atoms with Crippen LogP contribution in [0, 0.1) is 0 Å². The van der Waals surface area contributed by atoms with Crippen LogP contribution in [0.15, 0.2) is 34.8 Å². The number of methoxy groups -OCH3 is 3. The molecule has 0 aliphatic rings. The fraction of sp³-hybridized carbons (Fsp3) is 0.316. The first-order valence-electron chi connectivity index (χ1n) is 7.97. The van der Waals surface area contributed by atoms with E-state index in [-0.39, 0.29) is 12.0 Å². The van der Waals surface area contributed by atoms with Gasteiger partial charge < -0.3 is 24.3 Å². The van der Waals surface area contributed by atoms with Crippen LogP contribution in [0.3, 0.4) is 0 Å². The predicted molar refractivity (Wildman–Crippen MR) is 104 cm³/mol. The quantitative estimate of drug-likeness (QED) is 0.709. The van der Waals surface area contributed by atoms with Gasteiger partial charge in [0.05, 0.1) is 37.5 Å². The van der Waals surface area contributed by atoms with E-state index in [0.717, 1.165) is 5.75 Å². The molecule has 0 bridgehead atoms. The van der Waals surface area contributed by atoms with Gasteiger partial charge in [-0.3, -0.25) is 4.79 Å². The van der Waals surface area contributed by atoms with Crippen molar-refractivity contribution in [2.45, 2.75) is 20.0 Å². The van der Waals surface area contributed by atoms with Crippen LogP contribution in [0.2, 0.25) is 0 Å². The van der Waals surface area contributed by atoms with Gasteiger partial charge in [0.1, 0.15) is 5.75 Å². The highest BCUT2D eigenvalue weighted by Gasteiger charge is 2.22. The molecular weight excluding hydrogens is 402 g/mol. The highest BCUT2D eigenvalue weighted by atomic mass is 79.9. The lowest BCUT2D eigenvalue weighted by molar-refractivity contribution is 0.102. The Bertz CT molecular complexity index is 774. The normalized spacial score (nSPS) is 10.4. The lowest BCUT2D eigenvalue weighted by Crippen LogP contribution is -2.14. The van der Waals surface area contributed by atoms with E-state index in [1.165, 1.54) is 21.3 Å². The number of hydrogen-bond donors (Lipinski definition) is 1. The van der Waals surface area contributed by atoms with Crippen LogP contribution in [-0.2, 0) is 0 Å². The van der Waals surface area contributed by atoms with E-state index in [1.807, 2.05) is 13.8 Å². The average molecular weight is 424 g/mol. The Hall–Kier alpha value is -2.41. The first kappa shape index (κ1) is 19.9. The van der Waals surface area contributed by atoms with Crippen molar-refractivity contribution < 1.29 is 23.7 Å². The second-order valence-corrected chi connectivity index (χ2v) is 6.44. The number of amides is 1. The van der Waals surface area contributed by atoms with Crippen LogP contribution >= 0.6 is 15.9 Å². The van der Waals surface area contributed by atoms with Crippen molar-refractivity contribution in [2.75, 3.05) is 26.6 Å². The van der Waals surface area contributed by atoms with Crippen LogP contribution in [0.5, 0.6) is 23.0 Å². The van der Waals surface area contributed by atoms with Crippen molar-refractivity contribution in [2.24, 2.45) is 0 Å². The molecule has 0 radical (unpaired) electrons. The maximum atomic E-state index is 12.7. The van der Waals surface area contributed by atoms with Crippen LogP contribution in [0.25, 0.3) is 0 Å². The third-order valence-electron chi connectivity index (χ3n) is 3.50. The molecule has 2 aromatic carbocycles. The maximum Gasteiger partial charge on any atom is 0.257 e. The van der Waals surface area contributed by atoms with Crippen molar-refractivity contribution >= 4 is 27.5 Å². The Kier molecular flexibility index (Phi) is 6.74. The van der Waals surface area contributed by atoms with Gasteiger partial charge in [0, 0.05) is 5.69 Å². The molecule has 0 heterocycles. The lowest BCUT2D eigenvalue weighted by atomic mass is 10.1. The van der Waals surface area contributed by atoms with Gasteiger partial charge in [-0.2, -0.15) is 0 Å². The van der Waals surface area contributed by atoms with Gasteiger partial charge in [-0.1, -0.05) is 0 Å². The van der Waals surface area contributed by atoms with Gasteiger partial charge in [0.25, 0.3) is 5.91 Å². The summed E-state index contributed by atoms with van der Waals surface area (Å²) in [5, 5.41) is 2.84. The molecule has 2 rings (SSSR count). The van der Waals surface area contributed by atoms with E-state index >= 15 is 0 Å². The van der Waals surface area contributed by atoms with E-state index in [2.05, 4.69) is 21.2 Å². The standard InChI is InChI=1S/C19H22BrNO5/c1-11(2)26-13-8-6-12(7-9-13)21-19(22)14-10-15(23-3)17(24-4)18(25-5)16(14)20/h6-11H,1-5H3,(H,21,22). The molecule has 140 valence electrons. The molecule has 1 N–H and O–H groups in total. The van der Waals surface area contributed by atoms with E-state index in [4.69, 9.17) is 18.9 Å². The summed E-state index contributed by atoms with van der Waals surface area (Å²) in [6.07, 6.45) is 0.0885.